The molecule has 1 heterocycles. The highest BCUT2D eigenvalue weighted by Gasteiger charge is 2.17. The molecule has 0 aromatic heterocycles. The van der Waals surface area contributed by atoms with Crippen molar-refractivity contribution in [2.75, 3.05) is 19.6 Å². The van der Waals surface area contributed by atoms with Crippen LogP contribution in [-0.4, -0.2) is 36.3 Å². The normalized spacial score (nSPS) is 14.6. The Morgan fingerprint density at radius 3 is 2.60 bits per heavy atom. The van der Waals surface area contributed by atoms with E-state index < -0.39 is 5.91 Å². The minimum Gasteiger partial charge on any atom is -0.366 e. The van der Waals surface area contributed by atoms with Crippen molar-refractivity contribution >= 4 is 23.4 Å². The van der Waals surface area contributed by atoms with Gasteiger partial charge in [0.1, 0.15) is 0 Å². The Bertz CT molecular complexity index is 513. The molecule has 108 valence electrons. The minimum atomic E-state index is -0.504. The Morgan fingerprint density at radius 1 is 1.30 bits per heavy atom. The molecule has 0 radical (unpaired) electrons. The number of carbonyl (C=O) groups is 2. The molecule has 0 saturated carbocycles. The third-order valence-corrected chi connectivity index (χ3v) is 3.74. The number of hydrogen-bond acceptors (Lipinski definition) is 3. The fourth-order valence-corrected chi connectivity index (χ4v) is 2.47. The van der Waals surface area contributed by atoms with Crippen molar-refractivity contribution in [1.29, 1.82) is 0 Å². The van der Waals surface area contributed by atoms with Gasteiger partial charge in [0, 0.05) is 30.2 Å². The molecule has 1 aliphatic rings. The second kappa shape index (κ2) is 6.72. The lowest BCUT2D eigenvalue weighted by molar-refractivity contribution is -0.129. The van der Waals surface area contributed by atoms with Gasteiger partial charge in [0.05, 0.1) is 6.54 Å². The van der Waals surface area contributed by atoms with E-state index in [0.717, 1.165) is 31.5 Å². The Hall–Kier alpha value is -1.59. The van der Waals surface area contributed by atoms with E-state index in [2.05, 4.69) is 5.32 Å². The maximum Gasteiger partial charge on any atom is 0.248 e. The molecule has 3 N–H and O–H groups in total. The second-order valence-corrected chi connectivity index (χ2v) is 5.27. The molecule has 2 amide bonds. The van der Waals surface area contributed by atoms with Gasteiger partial charge in [-0.05, 0) is 30.5 Å². The van der Waals surface area contributed by atoms with E-state index in [9.17, 15) is 9.59 Å². The molecule has 2 rings (SSSR count). The summed E-state index contributed by atoms with van der Waals surface area (Å²) in [6.45, 7) is 2.49. The van der Waals surface area contributed by atoms with E-state index >= 15 is 0 Å². The van der Waals surface area contributed by atoms with Crippen molar-refractivity contribution in [3.05, 3.63) is 34.3 Å². The van der Waals surface area contributed by atoms with E-state index in [1.54, 1.807) is 18.2 Å². The number of hydrogen-bond donors (Lipinski definition) is 2. The van der Waals surface area contributed by atoms with Crippen molar-refractivity contribution in [2.45, 2.75) is 19.4 Å². The van der Waals surface area contributed by atoms with Crippen molar-refractivity contribution in [3.63, 3.8) is 0 Å². The van der Waals surface area contributed by atoms with Gasteiger partial charge in [-0.1, -0.05) is 17.7 Å². The summed E-state index contributed by atoms with van der Waals surface area (Å²) >= 11 is 6.07. The van der Waals surface area contributed by atoms with Crippen LogP contribution in [0.25, 0.3) is 0 Å². The summed E-state index contributed by atoms with van der Waals surface area (Å²) in [5, 5.41) is 3.55. The third-order valence-electron chi connectivity index (χ3n) is 3.39. The Morgan fingerprint density at radius 2 is 2.00 bits per heavy atom. The molecule has 1 aliphatic heterocycles. The Labute approximate surface area is 123 Å². The summed E-state index contributed by atoms with van der Waals surface area (Å²) < 4.78 is 0. The number of carbonyl (C=O) groups excluding carboxylic acids is 2. The van der Waals surface area contributed by atoms with Crippen LogP contribution >= 0.6 is 11.6 Å². The molecule has 0 aliphatic carbocycles. The molecule has 1 aromatic carbocycles. The smallest absolute Gasteiger partial charge is 0.248 e. The molecule has 20 heavy (non-hydrogen) atoms. The van der Waals surface area contributed by atoms with Crippen LogP contribution in [0.2, 0.25) is 5.02 Å². The summed E-state index contributed by atoms with van der Waals surface area (Å²) in [5.74, 6) is -0.386. The van der Waals surface area contributed by atoms with Gasteiger partial charge in [0.15, 0.2) is 0 Å². The van der Waals surface area contributed by atoms with Gasteiger partial charge in [0.2, 0.25) is 11.8 Å². The number of nitrogens with zero attached hydrogens (tertiary/aromatic N) is 1. The first-order valence-corrected chi connectivity index (χ1v) is 7.02. The Kier molecular flexibility index (Phi) is 4.98. The SMILES string of the molecule is NC(=O)c1ccc(CNCC(=O)N2CCCC2)c(Cl)c1. The summed E-state index contributed by atoms with van der Waals surface area (Å²) in [6.07, 6.45) is 2.18. The van der Waals surface area contributed by atoms with Crippen LogP contribution in [0.15, 0.2) is 18.2 Å². The average Bonchev–Trinajstić information content (AvgIpc) is 2.94. The molecule has 0 spiro atoms. The standard InChI is InChI=1S/C14H18ClN3O2/c15-12-7-10(14(16)20)3-4-11(12)8-17-9-13(19)18-5-1-2-6-18/h3-4,7,17H,1-2,5-6,8-9H2,(H2,16,20). The fourth-order valence-electron chi connectivity index (χ4n) is 2.23. The topological polar surface area (TPSA) is 75.4 Å². The van der Waals surface area contributed by atoms with Crippen molar-refractivity contribution in [1.82, 2.24) is 10.2 Å². The summed E-state index contributed by atoms with van der Waals surface area (Å²) in [5.41, 5.74) is 6.40. The highest BCUT2D eigenvalue weighted by molar-refractivity contribution is 6.31. The first kappa shape index (κ1) is 14.8. The summed E-state index contributed by atoms with van der Waals surface area (Å²) in [7, 11) is 0. The lowest BCUT2D eigenvalue weighted by atomic mass is 10.1. The fraction of sp³-hybridized carbons (Fsp3) is 0.429. The van der Waals surface area contributed by atoms with Gasteiger partial charge in [-0.3, -0.25) is 9.59 Å². The van der Waals surface area contributed by atoms with Crippen molar-refractivity contribution in [2.24, 2.45) is 5.73 Å². The van der Waals surface area contributed by atoms with Gasteiger partial charge in [-0.15, -0.1) is 0 Å². The van der Waals surface area contributed by atoms with Crippen molar-refractivity contribution in [3.8, 4) is 0 Å². The van der Waals surface area contributed by atoms with E-state index in [1.807, 2.05) is 4.90 Å². The van der Waals surface area contributed by atoms with Gasteiger partial charge in [-0.25, -0.2) is 0 Å². The van der Waals surface area contributed by atoms with Crippen LogP contribution in [0.3, 0.4) is 0 Å². The van der Waals surface area contributed by atoms with Gasteiger partial charge < -0.3 is 16.0 Å². The zero-order valence-electron chi connectivity index (χ0n) is 11.2. The van der Waals surface area contributed by atoms with Gasteiger partial charge in [-0.2, -0.15) is 0 Å². The average molecular weight is 296 g/mol. The van der Waals surface area contributed by atoms with Crippen LogP contribution in [0.4, 0.5) is 0 Å². The van der Waals surface area contributed by atoms with E-state index in [1.165, 1.54) is 0 Å². The monoisotopic (exact) mass is 295 g/mol. The van der Waals surface area contributed by atoms with Crippen LogP contribution in [0.1, 0.15) is 28.8 Å². The minimum absolute atomic E-state index is 0.118. The van der Waals surface area contributed by atoms with E-state index in [-0.39, 0.29) is 5.91 Å². The number of amides is 2. The number of rotatable bonds is 5. The lowest BCUT2D eigenvalue weighted by Crippen LogP contribution is -2.36. The van der Waals surface area contributed by atoms with Crippen LogP contribution in [0, 0.1) is 0 Å². The number of nitrogens with one attached hydrogen (secondary N) is 1. The highest BCUT2D eigenvalue weighted by Crippen LogP contribution is 2.17. The molecule has 0 unspecified atom stereocenters. The van der Waals surface area contributed by atoms with Crippen LogP contribution < -0.4 is 11.1 Å². The van der Waals surface area contributed by atoms with Crippen LogP contribution in [-0.2, 0) is 11.3 Å². The molecule has 6 heteroatoms. The highest BCUT2D eigenvalue weighted by atomic mass is 35.5. The summed E-state index contributed by atoms with van der Waals surface area (Å²) in [6, 6.07) is 4.92. The largest absolute Gasteiger partial charge is 0.366 e. The first-order valence-electron chi connectivity index (χ1n) is 6.64. The van der Waals surface area contributed by atoms with Crippen LogP contribution in [0.5, 0.6) is 0 Å². The van der Waals surface area contributed by atoms with E-state index in [0.29, 0.717) is 23.7 Å². The van der Waals surface area contributed by atoms with E-state index in [4.69, 9.17) is 17.3 Å². The molecule has 1 saturated heterocycles. The molecular weight excluding hydrogens is 278 g/mol. The second-order valence-electron chi connectivity index (χ2n) is 4.86. The molecule has 0 bridgehead atoms. The Balaban J connectivity index is 1.84. The van der Waals surface area contributed by atoms with Crippen molar-refractivity contribution < 1.29 is 9.59 Å². The number of halogens is 1. The molecular formula is C14H18ClN3O2. The van der Waals surface area contributed by atoms with Gasteiger partial charge in [0.25, 0.3) is 0 Å². The molecule has 1 fully saturated rings. The quantitative estimate of drug-likeness (QED) is 0.856. The zero-order valence-corrected chi connectivity index (χ0v) is 11.9. The maximum atomic E-state index is 11.8. The number of primary amides is 1. The molecule has 5 nitrogen and oxygen atoms in total. The maximum absolute atomic E-state index is 11.8. The molecule has 0 atom stereocenters. The third kappa shape index (κ3) is 3.71. The first-order chi connectivity index (χ1) is 9.58. The number of benzene rings is 1. The number of nitrogens with two attached hydrogens (primary N) is 1. The predicted octanol–water partition coefficient (Wildman–Crippen LogP) is 1.15. The summed E-state index contributed by atoms with van der Waals surface area (Å²) in [4.78, 5) is 24.7. The molecule has 1 aromatic rings. The zero-order chi connectivity index (χ0) is 14.5. The predicted molar refractivity (Wildman–Crippen MR) is 77.5 cm³/mol. The lowest BCUT2D eigenvalue weighted by Gasteiger charge is -2.15. The van der Waals surface area contributed by atoms with Gasteiger partial charge >= 0.3 is 0 Å². The number of likely N-dealkylation sites (tertiary alicyclic amines) is 1.